The number of carbonyl (C=O) groups is 2. The molecule has 3 aromatic rings. The maximum atomic E-state index is 12.7. The minimum absolute atomic E-state index is 0. The summed E-state index contributed by atoms with van der Waals surface area (Å²) in [5.41, 5.74) is 4.64. The molecule has 0 saturated carbocycles. The molecule has 0 atom stereocenters. The SMILES string of the molecule is COc1ccccc1CCNCCCCC(=O)c1ccc2c(c1)CCN2C(=O)Nc1ccccc1.Cl. The number of Topliss-reactive ketones (excluding diaryl/α,β-unsaturated/α-hetero) is 1. The highest BCUT2D eigenvalue weighted by atomic mass is 35.5. The summed E-state index contributed by atoms with van der Waals surface area (Å²) in [6.45, 7) is 2.39. The molecule has 1 aliphatic rings. The van der Waals surface area contributed by atoms with Crippen LogP contribution in [0.5, 0.6) is 5.75 Å². The molecule has 7 heteroatoms. The Morgan fingerprint density at radius 2 is 1.72 bits per heavy atom. The van der Waals surface area contributed by atoms with Gasteiger partial charge in [-0.25, -0.2) is 4.79 Å². The number of benzene rings is 3. The molecular weight excluding hydrogens is 474 g/mol. The molecular formula is C29H34ClN3O3. The van der Waals surface area contributed by atoms with Gasteiger partial charge in [-0.1, -0.05) is 36.4 Å². The summed E-state index contributed by atoms with van der Waals surface area (Å²) in [6, 6.07) is 23.1. The van der Waals surface area contributed by atoms with E-state index in [9.17, 15) is 9.59 Å². The standard InChI is InChI=1S/C29H33N3O3.ClH/c1-35-28-13-6-5-9-22(28)16-19-30-18-8-7-12-27(33)24-14-15-26-23(21-24)17-20-32(26)29(34)31-25-10-3-2-4-11-25;/h2-6,9-11,13-15,21,30H,7-8,12,16-20H2,1H3,(H,31,34);1H. The number of halogens is 1. The van der Waals surface area contributed by atoms with Gasteiger partial charge in [-0.2, -0.15) is 0 Å². The number of amides is 2. The summed E-state index contributed by atoms with van der Waals surface area (Å²) in [4.78, 5) is 27.2. The molecule has 36 heavy (non-hydrogen) atoms. The highest BCUT2D eigenvalue weighted by molar-refractivity contribution is 6.04. The number of fused-ring (bicyclic) bond motifs is 1. The minimum Gasteiger partial charge on any atom is -0.496 e. The summed E-state index contributed by atoms with van der Waals surface area (Å²) in [5, 5.41) is 6.39. The molecule has 1 aliphatic heterocycles. The predicted octanol–water partition coefficient (Wildman–Crippen LogP) is 5.90. The smallest absolute Gasteiger partial charge is 0.326 e. The number of urea groups is 1. The molecule has 0 saturated heterocycles. The third-order valence-corrected chi connectivity index (χ3v) is 6.34. The lowest BCUT2D eigenvalue weighted by molar-refractivity contribution is 0.0979. The third kappa shape index (κ3) is 7.09. The Bertz CT molecular complexity index is 1150. The van der Waals surface area contributed by atoms with Gasteiger partial charge in [0.2, 0.25) is 0 Å². The second-order valence-electron chi connectivity index (χ2n) is 8.73. The molecule has 1 heterocycles. The van der Waals surface area contributed by atoms with Crippen LogP contribution in [0.1, 0.15) is 40.7 Å². The van der Waals surface area contributed by atoms with E-state index in [0.29, 0.717) is 13.0 Å². The van der Waals surface area contributed by atoms with Crippen LogP contribution in [0, 0.1) is 0 Å². The van der Waals surface area contributed by atoms with Crippen LogP contribution in [-0.2, 0) is 12.8 Å². The number of unbranched alkanes of at least 4 members (excludes halogenated alkanes) is 1. The molecule has 0 fully saturated rings. The van der Waals surface area contributed by atoms with Gasteiger partial charge in [0.25, 0.3) is 0 Å². The largest absolute Gasteiger partial charge is 0.496 e. The Hall–Kier alpha value is -3.35. The van der Waals surface area contributed by atoms with Crippen molar-refractivity contribution in [3.63, 3.8) is 0 Å². The number of hydrogen-bond acceptors (Lipinski definition) is 4. The van der Waals surface area contributed by atoms with Crippen LogP contribution >= 0.6 is 12.4 Å². The normalized spacial score (nSPS) is 12.0. The second kappa shape index (κ2) is 13.7. The minimum atomic E-state index is -0.146. The van der Waals surface area contributed by atoms with Crippen LogP contribution in [0.15, 0.2) is 72.8 Å². The number of methoxy groups -OCH3 is 1. The van der Waals surface area contributed by atoms with Crippen LogP contribution in [0.3, 0.4) is 0 Å². The monoisotopic (exact) mass is 507 g/mol. The van der Waals surface area contributed by atoms with E-state index in [4.69, 9.17) is 4.74 Å². The van der Waals surface area contributed by atoms with Gasteiger partial charge in [-0.15, -0.1) is 12.4 Å². The second-order valence-corrected chi connectivity index (χ2v) is 8.73. The van der Waals surface area contributed by atoms with Crippen molar-refractivity contribution in [3.8, 4) is 5.75 Å². The van der Waals surface area contributed by atoms with Crippen LogP contribution < -0.4 is 20.3 Å². The van der Waals surface area contributed by atoms with E-state index in [2.05, 4.69) is 16.7 Å². The molecule has 0 aromatic heterocycles. The maximum Gasteiger partial charge on any atom is 0.326 e. The number of ether oxygens (including phenoxy) is 1. The van der Waals surface area contributed by atoms with Crippen molar-refractivity contribution in [1.29, 1.82) is 0 Å². The van der Waals surface area contributed by atoms with E-state index in [1.807, 2.05) is 66.7 Å². The average Bonchev–Trinajstić information content (AvgIpc) is 3.32. The Kier molecular flexibility index (Phi) is 10.3. The van der Waals surface area contributed by atoms with Gasteiger partial charge < -0.3 is 15.4 Å². The van der Waals surface area contributed by atoms with Crippen molar-refractivity contribution >= 4 is 35.6 Å². The van der Waals surface area contributed by atoms with Gasteiger partial charge in [0.05, 0.1) is 7.11 Å². The zero-order valence-corrected chi connectivity index (χ0v) is 21.5. The van der Waals surface area contributed by atoms with Gasteiger partial charge in [0, 0.05) is 29.9 Å². The fourth-order valence-corrected chi connectivity index (χ4v) is 4.44. The summed E-state index contributed by atoms with van der Waals surface area (Å²) in [6.07, 6.45) is 4.01. The zero-order chi connectivity index (χ0) is 24.5. The molecule has 6 nitrogen and oxygen atoms in total. The molecule has 2 amide bonds. The van der Waals surface area contributed by atoms with Crippen molar-refractivity contribution in [2.75, 3.05) is 37.0 Å². The van der Waals surface area contributed by atoms with Gasteiger partial charge in [-0.05, 0) is 86.3 Å². The molecule has 0 aliphatic carbocycles. The Balaban J connectivity index is 0.00000361. The number of hydrogen-bond donors (Lipinski definition) is 2. The predicted molar refractivity (Wildman–Crippen MR) is 148 cm³/mol. The first-order valence-corrected chi connectivity index (χ1v) is 12.3. The fourth-order valence-electron chi connectivity index (χ4n) is 4.44. The van der Waals surface area contributed by atoms with Gasteiger partial charge in [-0.3, -0.25) is 9.69 Å². The molecule has 3 aromatic carbocycles. The molecule has 0 radical (unpaired) electrons. The first kappa shape index (κ1) is 27.2. The average molecular weight is 508 g/mol. The van der Waals surface area contributed by atoms with Crippen molar-refractivity contribution < 1.29 is 14.3 Å². The van der Waals surface area contributed by atoms with E-state index >= 15 is 0 Å². The molecule has 4 rings (SSSR count). The number of nitrogens with one attached hydrogen (secondary N) is 2. The first-order valence-electron chi connectivity index (χ1n) is 12.3. The van der Waals surface area contributed by atoms with Crippen molar-refractivity contribution in [1.82, 2.24) is 5.32 Å². The first-order chi connectivity index (χ1) is 17.2. The molecule has 2 N–H and O–H groups in total. The molecule has 0 spiro atoms. The van der Waals surface area contributed by atoms with Crippen molar-refractivity contribution in [3.05, 3.63) is 89.5 Å². The van der Waals surface area contributed by atoms with Crippen LogP contribution in [0.25, 0.3) is 0 Å². The van der Waals surface area contributed by atoms with Crippen LogP contribution in [0.4, 0.5) is 16.2 Å². The van der Waals surface area contributed by atoms with Crippen LogP contribution in [0.2, 0.25) is 0 Å². The van der Waals surface area contributed by atoms with Crippen LogP contribution in [-0.4, -0.2) is 38.6 Å². The number of ketones is 1. The summed E-state index contributed by atoms with van der Waals surface area (Å²) < 4.78 is 5.39. The summed E-state index contributed by atoms with van der Waals surface area (Å²) in [5.74, 6) is 1.09. The van der Waals surface area contributed by atoms with E-state index in [1.54, 1.807) is 12.0 Å². The van der Waals surface area contributed by atoms with Gasteiger partial charge in [0.15, 0.2) is 5.78 Å². The van der Waals surface area contributed by atoms with E-state index < -0.39 is 0 Å². The zero-order valence-electron chi connectivity index (χ0n) is 20.7. The van der Waals surface area contributed by atoms with Gasteiger partial charge >= 0.3 is 6.03 Å². The summed E-state index contributed by atoms with van der Waals surface area (Å²) in [7, 11) is 1.70. The highest BCUT2D eigenvalue weighted by Crippen LogP contribution is 2.30. The Morgan fingerprint density at radius 1 is 0.944 bits per heavy atom. The number of nitrogens with zero attached hydrogens (tertiary/aromatic N) is 1. The Labute approximate surface area is 219 Å². The maximum absolute atomic E-state index is 12.7. The lowest BCUT2D eigenvalue weighted by Crippen LogP contribution is -2.33. The number of anilines is 2. The number of carbonyl (C=O) groups excluding carboxylic acids is 2. The third-order valence-electron chi connectivity index (χ3n) is 6.34. The van der Waals surface area contributed by atoms with E-state index in [0.717, 1.165) is 67.0 Å². The fraction of sp³-hybridized carbons (Fsp3) is 0.310. The van der Waals surface area contributed by atoms with Gasteiger partial charge in [0.1, 0.15) is 5.75 Å². The molecule has 190 valence electrons. The lowest BCUT2D eigenvalue weighted by atomic mass is 10.0. The number of para-hydroxylation sites is 2. The topological polar surface area (TPSA) is 70.7 Å². The van der Waals surface area contributed by atoms with E-state index in [-0.39, 0.29) is 24.2 Å². The quantitative estimate of drug-likeness (QED) is 0.250. The summed E-state index contributed by atoms with van der Waals surface area (Å²) >= 11 is 0. The number of rotatable bonds is 11. The molecule has 0 unspecified atom stereocenters. The highest BCUT2D eigenvalue weighted by Gasteiger charge is 2.25. The Morgan fingerprint density at radius 3 is 2.53 bits per heavy atom. The van der Waals surface area contributed by atoms with E-state index in [1.165, 1.54) is 5.56 Å². The van der Waals surface area contributed by atoms with Crippen molar-refractivity contribution in [2.24, 2.45) is 0 Å². The lowest BCUT2D eigenvalue weighted by Gasteiger charge is -2.18. The molecule has 0 bridgehead atoms. The van der Waals surface area contributed by atoms with Crippen molar-refractivity contribution in [2.45, 2.75) is 32.1 Å².